The maximum atomic E-state index is 11.7. The summed E-state index contributed by atoms with van der Waals surface area (Å²) in [6, 6.07) is 7.63. The molecule has 0 radical (unpaired) electrons. The van der Waals surface area contributed by atoms with Crippen LogP contribution in [0.3, 0.4) is 0 Å². The fourth-order valence-electron chi connectivity index (χ4n) is 1.68. The molecule has 0 aromatic heterocycles. The van der Waals surface area contributed by atoms with E-state index in [0.29, 0.717) is 19.8 Å². The average Bonchev–Trinajstić information content (AvgIpc) is 2.50. The number of benzene rings is 1. The van der Waals surface area contributed by atoms with Gasteiger partial charge in [0.2, 0.25) is 5.91 Å². The number of amides is 1. The molecule has 0 aliphatic carbocycles. The monoisotopic (exact) mass is 290 g/mol. The zero-order valence-corrected chi connectivity index (χ0v) is 12.5. The number of nitrogens with one attached hydrogen (secondary N) is 1. The van der Waals surface area contributed by atoms with E-state index in [1.54, 1.807) is 7.11 Å². The van der Waals surface area contributed by atoms with Crippen LogP contribution >= 0.6 is 0 Å². The Morgan fingerprint density at radius 1 is 1.33 bits per heavy atom. The second kappa shape index (κ2) is 9.94. The molecule has 21 heavy (non-hydrogen) atoms. The SMILES string of the molecule is COCCOCC(=O)NC(C)c1ccc(C#CCN)cc1. The number of ether oxygens (including phenoxy) is 2. The molecule has 1 amide bonds. The normalized spacial score (nSPS) is 11.4. The number of methoxy groups -OCH3 is 1. The van der Waals surface area contributed by atoms with Crippen LogP contribution in [0.5, 0.6) is 0 Å². The van der Waals surface area contributed by atoms with E-state index in [9.17, 15) is 4.79 Å². The van der Waals surface area contributed by atoms with Crippen molar-refractivity contribution in [2.75, 3.05) is 33.5 Å². The molecule has 1 unspecified atom stereocenters. The van der Waals surface area contributed by atoms with Gasteiger partial charge in [-0.25, -0.2) is 0 Å². The second-order valence-corrected chi connectivity index (χ2v) is 4.46. The highest BCUT2D eigenvalue weighted by molar-refractivity contribution is 5.77. The van der Waals surface area contributed by atoms with Crippen LogP contribution < -0.4 is 11.1 Å². The Morgan fingerprint density at radius 3 is 2.67 bits per heavy atom. The highest BCUT2D eigenvalue weighted by Crippen LogP contribution is 2.12. The molecule has 1 rings (SSSR count). The molecule has 1 atom stereocenters. The van der Waals surface area contributed by atoms with Crippen molar-refractivity contribution >= 4 is 5.91 Å². The van der Waals surface area contributed by atoms with E-state index in [1.165, 1.54) is 0 Å². The van der Waals surface area contributed by atoms with Gasteiger partial charge in [-0.2, -0.15) is 0 Å². The lowest BCUT2D eigenvalue weighted by molar-refractivity contribution is -0.126. The third-order valence-electron chi connectivity index (χ3n) is 2.79. The van der Waals surface area contributed by atoms with Crippen LogP contribution in [0.2, 0.25) is 0 Å². The Kier molecular flexibility index (Phi) is 8.14. The van der Waals surface area contributed by atoms with E-state index in [-0.39, 0.29) is 18.6 Å². The molecular formula is C16H22N2O3. The zero-order chi connectivity index (χ0) is 15.5. The van der Waals surface area contributed by atoms with Crippen LogP contribution in [0, 0.1) is 11.8 Å². The van der Waals surface area contributed by atoms with Gasteiger partial charge >= 0.3 is 0 Å². The van der Waals surface area contributed by atoms with Crippen LogP contribution in [0.15, 0.2) is 24.3 Å². The van der Waals surface area contributed by atoms with Crippen LogP contribution in [0.4, 0.5) is 0 Å². The summed E-state index contributed by atoms with van der Waals surface area (Å²) in [4.78, 5) is 11.7. The van der Waals surface area contributed by atoms with Crippen molar-refractivity contribution < 1.29 is 14.3 Å². The van der Waals surface area contributed by atoms with Gasteiger partial charge in [0, 0.05) is 12.7 Å². The van der Waals surface area contributed by atoms with E-state index in [1.807, 2.05) is 31.2 Å². The van der Waals surface area contributed by atoms with Crippen molar-refractivity contribution in [3.8, 4) is 11.8 Å². The van der Waals surface area contributed by atoms with Crippen LogP contribution in [-0.4, -0.2) is 39.4 Å². The summed E-state index contributed by atoms with van der Waals surface area (Å²) in [5.41, 5.74) is 7.25. The topological polar surface area (TPSA) is 73.6 Å². The highest BCUT2D eigenvalue weighted by atomic mass is 16.5. The van der Waals surface area contributed by atoms with Gasteiger partial charge in [-0.3, -0.25) is 4.79 Å². The minimum atomic E-state index is -0.148. The molecule has 0 fully saturated rings. The summed E-state index contributed by atoms with van der Waals surface area (Å²) in [5.74, 6) is 5.61. The fraction of sp³-hybridized carbons (Fsp3) is 0.438. The number of rotatable bonds is 7. The Hall–Kier alpha value is -1.87. The number of carbonyl (C=O) groups is 1. The van der Waals surface area contributed by atoms with Gasteiger partial charge in [0.05, 0.1) is 25.8 Å². The van der Waals surface area contributed by atoms with E-state index in [4.69, 9.17) is 15.2 Å². The quantitative estimate of drug-likeness (QED) is 0.576. The third-order valence-corrected chi connectivity index (χ3v) is 2.79. The summed E-state index contributed by atoms with van der Waals surface area (Å²) < 4.78 is 10.0. The first kappa shape index (κ1) is 17.2. The summed E-state index contributed by atoms with van der Waals surface area (Å²) in [6.45, 7) is 3.19. The molecule has 0 bridgehead atoms. The molecule has 0 saturated heterocycles. The van der Waals surface area contributed by atoms with E-state index in [2.05, 4.69) is 17.2 Å². The Morgan fingerprint density at radius 2 is 2.05 bits per heavy atom. The molecule has 1 aromatic rings. The largest absolute Gasteiger partial charge is 0.382 e. The van der Waals surface area contributed by atoms with Gasteiger partial charge in [0.25, 0.3) is 0 Å². The minimum Gasteiger partial charge on any atom is -0.382 e. The first-order valence-corrected chi connectivity index (χ1v) is 6.82. The summed E-state index contributed by atoms with van der Waals surface area (Å²) in [6.07, 6.45) is 0. The van der Waals surface area contributed by atoms with Crippen molar-refractivity contribution in [1.82, 2.24) is 5.32 Å². The summed E-state index contributed by atoms with van der Waals surface area (Å²) in [5, 5.41) is 2.87. The minimum absolute atomic E-state index is 0.0355. The molecular weight excluding hydrogens is 268 g/mol. The van der Waals surface area contributed by atoms with Crippen molar-refractivity contribution in [2.24, 2.45) is 5.73 Å². The van der Waals surface area contributed by atoms with Crippen molar-refractivity contribution in [3.05, 3.63) is 35.4 Å². The Balaban J connectivity index is 2.44. The van der Waals surface area contributed by atoms with Gasteiger partial charge in [-0.05, 0) is 24.6 Å². The molecule has 0 saturated carbocycles. The average molecular weight is 290 g/mol. The van der Waals surface area contributed by atoms with Crippen molar-refractivity contribution in [1.29, 1.82) is 0 Å². The zero-order valence-electron chi connectivity index (χ0n) is 12.5. The second-order valence-electron chi connectivity index (χ2n) is 4.46. The van der Waals surface area contributed by atoms with Crippen LogP contribution in [0.1, 0.15) is 24.1 Å². The van der Waals surface area contributed by atoms with Gasteiger partial charge in [-0.15, -0.1) is 0 Å². The summed E-state index contributed by atoms with van der Waals surface area (Å²) >= 11 is 0. The van der Waals surface area contributed by atoms with Crippen LogP contribution in [-0.2, 0) is 14.3 Å². The molecule has 5 nitrogen and oxygen atoms in total. The predicted molar refractivity (Wildman–Crippen MR) is 81.6 cm³/mol. The van der Waals surface area contributed by atoms with E-state index in [0.717, 1.165) is 11.1 Å². The number of hydrogen-bond acceptors (Lipinski definition) is 4. The number of carbonyl (C=O) groups excluding carboxylic acids is 1. The van der Waals surface area contributed by atoms with Crippen LogP contribution in [0.25, 0.3) is 0 Å². The molecule has 114 valence electrons. The maximum absolute atomic E-state index is 11.7. The highest BCUT2D eigenvalue weighted by Gasteiger charge is 2.09. The van der Waals surface area contributed by atoms with Gasteiger partial charge in [-0.1, -0.05) is 24.0 Å². The molecule has 0 aliphatic rings. The number of hydrogen-bond donors (Lipinski definition) is 2. The molecule has 0 aliphatic heterocycles. The molecule has 3 N–H and O–H groups in total. The fourth-order valence-corrected chi connectivity index (χ4v) is 1.68. The Labute approximate surface area is 125 Å². The van der Waals surface area contributed by atoms with Gasteiger partial charge in [0.15, 0.2) is 0 Å². The lowest BCUT2D eigenvalue weighted by Crippen LogP contribution is -2.30. The van der Waals surface area contributed by atoms with Gasteiger partial charge in [0.1, 0.15) is 6.61 Å². The molecule has 0 heterocycles. The predicted octanol–water partition coefficient (Wildman–Crippen LogP) is 0.837. The first-order chi connectivity index (χ1) is 10.2. The number of nitrogens with two attached hydrogens (primary N) is 1. The molecule has 5 heteroatoms. The lowest BCUT2D eigenvalue weighted by Gasteiger charge is -2.14. The van der Waals surface area contributed by atoms with Crippen molar-refractivity contribution in [3.63, 3.8) is 0 Å². The maximum Gasteiger partial charge on any atom is 0.246 e. The third kappa shape index (κ3) is 6.91. The molecule has 0 spiro atoms. The van der Waals surface area contributed by atoms with Crippen molar-refractivity contribution in [2.45, 2.75) is 13.0 Å². The van der Waals surface area contributed by atoms with E-state index < -0.39 is 0 Å². The van der Waals surface area contributed by atoms with E-state index >= 15 is 0 Å². The Bertz CT molecular complexity index is 488. The lowest BCUT2D eigenvalue weighted by atomic mass is 10.1. The smallest absolute Gasteiger partial charge is 0.246 e. The van der Waals surface area contributed by atoms with Gasteiger partial charge < -0.3 is 20.5 Å². The summed E-state index contributed by atoms with van der Waals surface area (Å²) in [7, 11) is 1.59. The first-order valence-electron chi connectivity index (χ1n) is 6.82. The molecule has 1 aromatic carbocycles. The standard InChI is InChI=1S/C16H22N2O3/c1-13(18-16(19)12-21-11-10-20-2)15-7-5-14(6-8-15)4-3-9-17/h5-8,13H,9-12,17H2,1-2H3,(H,18,19).